The van der Waals surface area contributed by atoms with Gasteiger partial charge in [0.1, 0.15) is 5.82 Å². The van der Waals surface area contributed by atoms with Gasteiger partial charge in [-0.15, -0.1) is 0 Å². The molecule has 0 spiro atoms. The summed E-state index contributed by atoms with van der Waals surface area (Å²) in [7, 11) is 0. The highest BCUT2D eigenvalue weighted by Crippen LogP contribution is 2.30. The number of alkyl halides is 3. The maximum absolute atomic E-state index is 13.0. The van der Waals surface area contributed by atoms with Crippen LogP contribution in [-0.4, -0.2) is 15.5 Å². The fourth-order valence-corrected chi connectivity index (χ4v) is 3.66. The van der Waals surface area contributed by atoms with Crippen LogP contribution in [0.4, 0.5) is 13.2 Å². The molecular weight excluding hydrogens is 431 g/mol. The SMILES string of the molecule is Cc1nc2ccccc2c(=O)n1-c1ccc(C(=O)NC(C)c2cccc(C(F)(F)F)c2)cc1. The van der Waals surface area contributed by atoms with Gasteiger partial charge in [0.25, 0.3) is 11.5 Å². The number of nitrogens with zero attached hydrogens (tertiary/aromatic N) is 2. The molecule has 0 aliphatic rings. The molecule has 4 aromatic rings. The van der Waals surface area contributed by atoms with Crippen molar-refractivity contribution in [2.45, 2.75) is 26.1 Å². The van der Waals surface area contributed by atoms with E-state index in [9.17, 15) is 22.8 Å². The zero-order valence-electron chi connectivity index (χ0n) is 17.9. The second-order valence-corrected chi connectivity index (χ2v) is 7.68. The van der Waals surface area contributed by atoms with Crippen molar-refractivity contribution in [1.82, 2.24) is 14.9 Å². The van der Waals surface area contributed by atoms with Crippen LogP contribution in [0, 0.1) is 6.92 Å². The van der Waals surface area contributed by atoms with Gasteiger partial charge in [-0.3, -0.25) is 14.2 Å². The van der Waals surface area contributed by atoms with Crippen molar-refractivity contribution < 1.29 is 18.0 Å². The molecule has 3 aromatic carbocycles. The molecule has 1 aromatic heterocycles. The quantitative estimate of drug-likeness (QED) is 0.464. The van der Waals surface area contributed by atoms with Gasteiger partial charge >= 0.3 is 6.18 Å². The summed E-state index contributed by atoms with van der Waals surface area (Å²) in [4.78, 5) is 30.1. The number of nitrogens with one attached hydrogen (secondary N) is 1. The third-order valence-electron chi connectivity index (χ3n) is 5.39. The number of fused-ring (bicyclic) bond motifs is 1. The normalized spacial score (nSPS) is 12.5. The molecule has 1 atom stereocenters. The summed E-state index contributed by atoms with van der Waals surface area (Å²) in [6, 6.07) is 17.7. The van der Waals surface area contributed by atoms with Gasteiger partial charge in [0.2, 0.25) is 0 Å². The zero-order valence-corrected chi connectivity index (χ0v) is 17.9. The Morgan fingerprint density at radius 1 is 1.00 bits per heavy atom. The number of amides is 1. The van der Waals surface area contributed by atoms with Crippen molar-refractivity contribution in [1.29, 1.82) is 0 Å². The van der Waals surface area contributed by atoms with Crippen molar-refractivity contribution in [2.24, 2.45) is 0 Å². The maximum atomic E-state index is 13.0. The second kappa shape index (κ2) is 8.54. The van der Waals surface area contributed by atoms with Gasteiger partial charge in [0, 0.05) is 5.56 Å². The number of hydrogen-bond acceptors (Lipinski definition) is 3. The minimum absolute atomic E-state index is 0.214. The van der Waals surface area contributed by atoms with E-state index >= 15 is 0 Å². The minimum atomic E-state index is -4.45. The molecular formula is C25H20F3N3O2. The molecule has 5 nitrogen and oxygen atoms in total. The molecule has 0 aliphatic heterocycles. The Labute approximate surface area is 187 Å². The number of carbonyl (C=O) groups excluding carboxylic acids is 1. The summed E-state index contributed by atoms with van der Waals surface area (Å²) in [6.07, 6.45) is -4.45. The van der Waals surface area contributed by atoms with Gasteiger partial charge in [-0.1, -0.05) is 24.3 Å². The van der Waals surface area contributed by atoms with E-state index in [1.54, 1.807) is 56.3 Å². The highest BCUT2D eigenvalue weighted by Gasteiger charge is 2.30. The van der Waals surface area contributed by atoms with Crippen molar-refractivity contribution in [3.8, 4) is 5.69 Å². The number of carbonyl (C=O) groups is 1. The van der Waals surface area contributed by atoms with E-state index in [2.05, 4.69) is 10.3 Å². The molecule has 33 heavy (non-hydrogen) atoms. The lowest BCUT2D eigenvalue weighted by Gasteiger charge is -2.17. The molecule has 1 heterocycles. The van der Waals surface area contributed by atoms with E-state index < -0.39 is 23.7 Å². The Kier molecular flexibility index (Phi) is 5.76. The molecule has 1 amide bonds. The van der Waals surface area contributed by atoms with E-state index in [4.69, 9.17) is 0 Å². The summed E-state index contributed by atoms with van der Waals surface area (Å²) < 4.78 is 40.4. The summed E-state index contributed by atoms with van der Waals surface area (Å²) in [5, 5.41) is 3.20. The Balaban J connectivity index is 1.56. The van der Waals surface area contributed by atoms with Crippen LogP contribution < -0.4 is 10.9 Å². The molecule has 0 saturated carbocycles. The average Bonchev–Trinajstić information content (AvgIpc) is 2.79. The van der Waals surface area contributed by atoms with E-state index in [0.29, 0.717) is 33.5 Å². The Hall–Kier alpha value is -3.94. The van der Waals surface area contributed by atoms with E-state index in [-0.39, 0.29) is 5.56 Å². The first-order valence-electron chi connectivity index (χ1n) is 10.2. The van der Waals surface area contributed by atoms with Gasteiger partial charge in [0.05, 0.1) is 28.2 Å². The predicted octanol–water partition coefficient (Wildman–Crippen LogP) is 5.20. The molecule has 4 rings (SSSR count). The lowest BCUT2D eigenvalue weighted by molar-refractivity contribution is -0.137. The van der Waals surface area contributed by atoms with Crippen LogP contribution in [0.25, 0.3) is 16.6 Å². The number of halogens is 3. The number of hydrogen-bond donors (Lipinski definition) is 1. The average molecular weight is 451 g/mol. The van der Waals surface area contributed by atoms with E-state index in [1.165, 1.54) is 16.7 Å². The summed E-state index contributed by atoms with van der Waals surface area (Å²) >= 11 is 0. The molecule has 0 bridgehead atoms. The standard InChI is InChI=1S/C25H20F3N3O2/c1-15(18-6-5-7-19(14-18)25(26,27)28)29-23(32)17-10-12-20(13-11-17)31-16(2)30-22-9-4-3-8-21(22)24(31)33/h3-15H,1-2H3,(H,29,32). The first-order valence-corrected chi connectivity index (χ1v) is 10.2. The largest absolute Gasteiger partial charge is 0.416 e. The monoisotopic (exact) mass is 451 g/mol. The fraction of sp³-hybridized carbons (Fsp3) is 0.160. The third kappa shape index (κ3) is 4.50. The molecule has 8 heteroatoms. The first-order chi connectivity index (χ1) is 15.6. The van der Waals surface area contributed by atoms with Crippen LogP contribution in [0.2, 0.25) is 0 Å². The van der Waals surface area contributed by atoms with Crippen LogP contribution in [0.3, 0.4) is 0 Å². The van der Waals surface area contributed by atoms with Gasteiger partial charge in [-0.05, 0) is 67.9 Å². The van der Waals surface area contributed by atoms with Crippen molar-refractivity contribution in [3.05, 3.63) is 106 Å². The highest BCUT2D eigenvalue weighted by molar-refractivity contribution is 5.94. The highest BCUT2D eigenvalue weighted by atomic mass is 19.4. The van der Waals surface area contributed by atoms with E-state index in [0.717, 1.165) is 12.1 Å². The maximum Gasteiger partial charge on any atom is 0.416 e. The summed E-state index contributed by atoms with van der Waals surface area (Å²) in [5.74, 6) is 0.0706. The molecule has 0 fully saturated rings. The molecule has 0 radical (unpaired) electrons. The molecule has 0 saturated heterocycles. The summed E-state index contributed by atoms with van der Waals surface area (Å²) in [5.41, 5.74) is 0.842. The Morgan fingerprint density at radius 2 is 1.70 bits per heavy atom. The summed E-state index contributed by atoms with van der Waals surface area (Å²) in [6.45, 7) is 3.34. The Bertz CT molecular complexity index is 1390. The number of para-hydroxylation sites is 1. The third-order valence-corrected chi connectivity index (χ3v) is 5.39. The van der Waals surface area contributed by atoms with Crippen LogP contribution in [0.1, 0.15) is 40.3 Å². The molecule has 1 unspecified atom stereocenters. The van der Waals surface area contributed by atoms with Crippen molar-refractivity contribution >= 4 is 16.8 Å². The topological polar surface area (TPSA) is 64.0 Å². The number of rotatable bonds is 4. The van der Waals surface area contributed by atoms with Crippen molar-refractivity contribution in [2.75, 3.05) is 0 Å². The Morgan fingerprint density at radius 3 is 2.39 bits per heavy atom. The van der Waals surface area contributed by atoms with Crippen LogP contribution in [0.5, 0.6) is 0 Å². The van der Waals surface area contributed by atoms with Crippen molar-refractivity contribution in [3.63, 3.8) is 0 Å². The van der Waals surface area contributed by atoms with Crippen LogP contribution in [-0.2, 0) is 6.18 Å². The van der Waals surface area contributed by atoms with Crippen LogP contribution in [0.15, 0.2) is 77.6 Å². The molecule has 1 N–H and O–H groups in total. The first kappa shape index (κ1) is 22.3. The second-order valence-electron chi connectivity index (χ2n) is 7.68. The number of aryl methyl sites for hydroxylation is 1. The lowest BCUT2D eigenvalue weighted by atomic mass is 10.0. The van der Waals surface area contributed by atoms with Gasteiger partial charge < -0.3 is 5.32 Å². The molecule has 168 valence electrons. The van der Waals surface area contributed by atoms with Gasteiger partial charge in [0.15, 0.2) is 0 Å². The van der Waals surface area contributed by atoms with E-state index in [1.807, 2.05) is 6.07 Å². The van der Waals surface area contributed by atoms with Gasteiger partial charge in [-0.25, -0.2) is 4.98 Å². The predicted molar refractivity (Wildman–Crippen MR) is 119 cm³/mol. The lowest BCUT2D eigenvalue weighted by Crippen LogP contribution is -2.27. The zero-order chi connectivity index (χ0) is 23.8. The smallest absolute Gasteiger partial charge is 0.346 e. The number of aromatic nitrogens is 2. The fourth-order valence-electron chi connectivity index (χ4n) is 3.66. The van der Waals surface area contributed by atoms with Crippen LogP contribution >= 0.6 is 0 Å². The minimum Gasteiger partial charge on any atom is -0.346 e. The van der Waals surface area contributed by atoms with Gasteiger partial charge in [-0.2, -0.15) is 13.2 Å². The number of benzene rings is 3. The molecule has 0 aliphatic carbocycles.